The topological polar surface area (TPSA) is 17.1 Å². The summed E-state index contributed by atoms with van der Waals surface area (Å²) in [5.41, 5.74) is 3.01. The largest absolute Gasteiger partial charge is 0.289 e. The fourth-order valence-corrected chi connectivity index (χ4v) is 3.95. The highest BCUT2D eigenvalue weighted by atomic mass is 79.9. The minimum Gasteiger partial charge on any atom is -0.289 e. The van der Waals surface area contributed by atoms with Crippen molar-refractivity contribution in [2.45, 2.75) is 12.8 Å². The Morgan fingerprint density at radius 1 is 1.24 bits per heavy atom. The molecule has 0 saturated heterocycles. The lowest BCUT2D eigenvalue weighted by Crippen LogP contribution is -2.15. The molecule has 0 aromatic heterocycles. The maximum atomic E-state index is 12.4. The van der Waals surface area contributed by atoms with E-state index in [9.17, 15) is 4.79 Å². The smallest absolute Gasteiger partial charge is 0.190 e. The summed E-state index contributed by atoms with van der Waals surface area (Å²) in [7, 11) is 0. The molecule has 0 N–H and O–H groups in total. The van der Waals surface area contributed by atoms with Gasteiger partial charge in [0.1, 0.15) is 0 Å². The Morgan fingerprint density at radius 2 is 1.94 bits per heavy atom. The zero-order valence-corrected chi connectivity index (χ0v) is 13.0. The number of hydrogen-bond acceptors (Lipinski definition) is 3. The summed E-state index contributed by atoms with van der Waals surface area (Å²) < 4.78 is 2.13. The van der Waals surface area contributed by atoms with Crippen LogP contribution < -0.4 is 0 Å². The van der Waals surface area contributed by atoms with Crippen LogP contribution in [-0.2, 0) is 6.42 Å². The van der Waals surface area contributed by atoms with Crippen LogP contribution >= 0.6 is 39.5 Å². The van der Waals surface area contributed by atoms with Crippen molar-refractivity contribution in [1.82, 2.24) is 0 Å². The minimum atomic E-state index is 0.200. The first-order valence-electron chi connectivity index (χ1n) is 5.31. The summed E-state index contributed by atoms with van der Waals surface area (Å²) >= 11 is 6.77. The number of thioether (sulfide) groups is 2. The summed E-state index contributed by atoms with van der Waals surface area (Å²) in [6.07, 6.45) is 5.89. The van der Waals surface area contributed by atoms with Gasteiger partial charge >= 0.3 is 0 Å². The third-order valence-corrected chi connectivity index (χ3v) is 5.58. The van der Waals surface area contributed by atoms with Crippen LogP contribution in [0.1, 0.15) is 22.3 Å². The van der Waals surface area contributed by atoms with Gasteiger partial charge in [-0.1, -0.05) is 22.0 Å². The Bertz CT molecular complexity index is 488. The first-order valence-corrected chi connectivity index (χ1v) is 8.56. The normalized spacial score (nSPS) is 14.8. The van der Waals surface area contributed by atoms with Crippen LogP contribution in [0.25, 0.3) is 0 Å². The zero-order valence-electron chi connectivity index (χ0n) is 9.75. The molecule has 0 bridgehead atoms. The van der Waals surface area contributed by atoms with Gasteiger partial charge < -0.3 is 0 Å². The average Bonchev–Trinajstić information content (AvgIpc) is 2.34. The second-order valence-electron chi connectivity index (χ2n) is 3.80. The van der Waals surface area contributed by atoms with E-state index < -0.39 is 0 Å². The van der Waals surface area contributed by atoms with Crippen molar-refractivity contribution < 1.29 is 4.79 Å². The molecule has 1 aliphatic carbocycles. The lowest BCUT2D eigenvalue weighted by molar-refractivity contribution is 0.102. The van der Waals surface area contributed by atoms with Crippen LogP contribution in [0.5, 0.6) is 0 Å². The van der Waals surface area contributed by atoms with Gasteiger partial charge in [0.2, 0.25) is 0 Å². The Hall–Kier alpha value is -0.190. The lowest BCUT2D eigenvalue weighted by atomic mass is 9.88. The molecule has 17 heavy (non-hydrogen) atoms. The van der Waals surface area contributed by atoms with Gasteiger partial charge in [0.05, 0.1) is 0 Å². The second kappa shape index (κ2) is 5.63. The third-order valence-electron chi connectivity index (χ3n) is 2.85. The molecule has 4 heteroatoms. The van der Waals surface area contributed by atoms with E-state index in [1.54, 1.807) is 23.5 Å². The molecular formula is C13H13BrOS2. The fourth-order valence-electron chi connectivity index (χ4n) is 2.04. The highest BCUT2D eigenvalue weighted by Crippen LogP contribution is 2.35. The van der Waals surface area contributed by atoms with E-state index in [1.165, 1.54) is 5.56 Å². The number of benzene rings is 1. The minimum absolute atomic E-state index is 0.200. The number of carbonyl (C=O) groups excluding carboxylic acids is 1. The van der Waals surface area contributed by atoms with Gasteiger partial charge in [0.25, 0.3) is 0 Å². The first-order chi connectivity index (χ1) is 8.17. The first kappa shape index (κ1) is 13.2. The third kappa shape index (κ3) is 2.64. The van der Waals surface area contributed by atoms with Crippen LogP contribution in [0, 0.1) is 0 Å². The van der Waals surface area contributed by atoms with Crippen molar-refractivity contribution in [3.05, 3.63) is 43.6 Å². The van der Waals surface area contributed by atoms with Crippen LogP contribution in [0.4, 0.5) is 0 Å². The molecule has 0 unspecified atom stereocenters. The summed E-state index contributed by atoms with van der Waals surface area (Å²) in [5, 5.41) is 0. The van der Waals surface area contributed by atoms with Gasteiger partial charge in [-0.05, 0) is 43.0 Å². The molecule has 1 aromatic carbocycles. The maximum Gasteiger partial charge on any atom is 0.190 e. The van der Waals surface area contributed by atoms with Crippen molar-refractivity contribution in [3.8, 4) is 0 Å². The summed E-state index contributed by atoms with van der Waals surface area (Å²) in [6, 6.07) is 5.99. The van der Waals surface area contributed by atoms with Crippen molar-refractivity contribution in [1.29, 1.82) is 0 Å². The number of carbonyl (C=O) groups is 1. The summed E-state index contributed by atoms with van der Waals surface area (Å²) in [6.45, 7) is 0. The molecule has 0 spiro atoms. The van der Waals surface area contributed by atoms with Gasteiger partial charge in [-0.3, -0.25) is 4.79 Å². The molecule has 1 nitrogen and oxygen atoms in total. The van der Waals surface area contributed by atoms with Crippen molar-refractivity contribution >= 4 is 45.2 Å². The maximum absolute atomic E-state index is 12.4. The van der Waals surface area contributed by atoms with Crippen molar-refractivity contribution in [2.24, 2.45) is 0 Å². The van der Waals surface area contributed by atoms with E-state index in [2.05, 4.69) is 15.9 Å². The molecule has 0 aliphatic heterocycles. The molecule has 2 rings (SSSR count). The SMILES string of the molecule is CSC(SC)=C1CCc2ccc(Br)cc2C1=O. The molecule has 0 heterocycles. The zero-order chi connectivity index (χ0) is 12.4. The number of rotatable bonds is 2. The van der Waals surface area contributed by atoms with Crippen LogP contribution in [0.3, 0.4) is 0 Å². The summed E-state index contributed by atoms with van der Waals surface area (Å²) in [5.74, 6) is 0.200. The van der Waals surface area contributed by atoms with E-state index >= 15 is 0 Å². The molecule has 0 fully saturated rings. The number of halogens is 1. The molecule has 0 atom stereocenters. The molecule has 0 amide bonds. The monoisotopic (exact) mass is 328 g/mol. The molecule has 90 valence electrons. The van der Waals surface area contributed by atoms with Gasteiger partial charge in [-0.15, -0.1) is 23.5 Å². The number of ketones is 1. The van der Waals surface area contributed by atoms with Crippen LogP contribution in [0.15, 0.2) is 32.5 Å². The number of aryl methyl sites for hydroxylation is 1. The van der Waals surface area contributed by atoms with Crippen molar-refractivity contribution in [2.75, 3.05) is 12.5 Å². The lowest BCUT2D eigenvalue weighted by Gasteiger charge is -2.19. The van der Waals surface area contributed by atoms with Crippen LogP contribution in [0.2, 0.25) is 0 Å². The molecule has 1 aliphatic rings. The van der Waals surface area contributed by atoms with Gasteiger partial charge in [-0.25, -0.2) is 0 Å². The highest BCUT2D eigenvalue weighted by molar-refractivity contribution is 9.10. The molecule has 0 saturated carbocycles. The van der Waals surface area contributed by atoms with E-state index in [0.29, 0.717) is 0 Å². The predicted octanol–water partition coefficient (Wildman–Crippen LogP) is 4.52. The quantitative estimate of drug-likeness (QED) is 0.743. The average molecular weight is 329 g/mol. The van der Waals surface area contributed by atoms with E-state index in [4.69, 9.17) is 0 Å². The molecular weight excluding hydrogens is 316 g/mol. The number of Topliss-reactive ketones (excluding diaryl/α,β-unsaturated/α-hetero) is 1. The molecule has 0 radical (unpaired) electrons. The molecule has 1 aromatic rings. The predicted molar refractivity (Wildman–Crippen MR) is 80.8 cm³/mol. The highest BCUT2D eigenvalue weighted by Gasteiger charge is 2.24. The Labute approximate surface area is 119 Å². The Balaban J connectivity index is 2.49. The second-order valence-corrected chi connectivity index (χ2v) is 6.61. The standard InChI is InChI=1S/C13H13BrOS2/c1-16-13(17-2)10-6-4-8-3-5-9(14)7-11(8)12(10)15/h3,5,7H,4,6H2,1-2H3. The van der Waals surface area contributed by atoms with E-state index in [1.807, 2.05) is 30.7 Å². The van der Waals surface area contributed by atoms with Crippen LogP contribution in [-0.4, -0.2) is 18.3 Å². The summed E-state index contributed by atoms with van der Waals surface area (Å²) in [4.78, 5) is 12.4. The van der Waals surface area contributed by atoms with Gasteiger partial charge in [-0.2, -0.15) is 0 Å². The Morgan fingerprint density at radius 3 is 2.59 bits per heavy atom. The van der Waals surface area contributed by atoms with E-state index in [0.717, 1.165) is 32.7 Å². The van der Waals surface area contributed by atoms with E-state index in [-0.39, 0.29) is 5.78 Å². The fraction of sp³-hybridized carbons (Fsp3) is 0.308. The van der Waals surface area contributed by atoms with Gasteiger partial charge in [0, 0.05) is 19.8 Å². The Kier molecular flexibility index (Phi) is 4.39. The number of allylic oxidation sites excluding steroid dienone is 1. The number of hydrogen-bond donors (Lipinski definition) is 0. The van der Waals surface area contributed by atoms with Gasteiger partial charge in [0.15, 0.2) is 5.78 Å². The number of fused-ring (bicyclic) bond motifs is 1. The van der Waals surface area contributed by atoms with Crippen molar-refractivity contribution in [3.63, 3.8) is 0 Å².